The molecule has 26 heavy (non-hydrogen) atoms. The molecule has 1 unspecified atom stereocenters. The molecule has 1 fully saturated rings. The lowest BCUT2D eigenvalue weighted by atomic mass is 10.2. The van der Waals surface area contributed by atoms with Gasteiger partial charge in [-0.05, 0) is 36.8 Å². The molecule has 0 radical (unpaired) electrons. The monoisotopic (exact) mass is 371 g/mol. The smallest absolute Gasteiger partial charge is 0.242 e. The predicted octanol–water partition coefficient (Wildman–Crippen LogP) is 3.69. The Kier molecular flexibility index (Phi) is 5.68. The number of amides is 1. The van der Waals surface area contributed by atoms with Crippen LogP contribution in [0.25, 0.3) is 0 Å². The van der Waals surface area contributed by atoms with Crippen molar-refractivity contribution in [3.63, 3.8) is 0 Å². The number of thioether (sulfide) groups is 1. The Labute approximate surface area is 155 Å². The van der Waals surface area contributed by atoms with Crippen molar-refractivity contribution in [2.24, 2.45) is 10.2 Å². The third kappa shape index (κ3) is 4.11. The number of hydrogen-bond donors (Lipinski definition) is 0. The summed E-state index contributed by atoms with van der Waals surface area (Å²) in [6.45, 7) is 2.16. The van der Waals surface area contributed by atoms with E-state index < -0.39 is 0 Å². The second kappa shape index (κ2) is 8.14. The summed E-state index contributed by atoms with van der Waals surface area (Å²) in [4.78, 5) is 14.0. The van der Waals surface area contributed by atoms with Gasteiger partial charge in [0.05, 0.1) is 25.1 Å². The van der Waals surface area contributed by atoms with Crippen LogP contribution in [-0.2, 0) is 11.3 Å². The third-order valence-electron chi connectivity index (χ3n) is 3.86. The average Bonchev–Trinajstić information content (AvgIpc) is 2.91. The number of carbonyl (C=O) groups excluding carboxylic acids is 1. The van der Waals surface area contributed by atoms with E-state index >= 15 is 0 Å². The molecule has 1 heterocycles. The lowest BCUT2D eigenvalue weighted by Crippen LogP contribution is -2.30. The first-order valence-electron chi connectivity index (χ1n) is 8.05. The molecule has 0 aromatic heterocycles. The van der Waals surface area contributed by atoms with Gasteiger partial charge in [-0.25, -0.2) is 4.39 Å². The molecule has 134 valence electrons. The molecule has 0 bridgehead atoms. The summed E-state index contributed by atoms with van der Waals surface area (Å²) in [6, 6.07) is 13.5. The summed E-state index contributed by atoms with van der Waals surface area (Å²) in [6.07, 6.45) is 1.59. The average molecular weight is 371 g/mol. The van der Waals surface area contributed by atoms with E-state index in [1.807, 2.05) is 31.2 Å². The minimum Gasteiger partial charge on any atom is -0.496 e. The lowest BCUT2D eigenvalue weighted by molar-refractivity contribution is -0.126. The zero-order valence-electron chi connectivity index (χ0n) is 14.4. The highest BCUT2D eigenvalue weighted by Crippen LogP contribution is 2.28. The van der Waals surface area contributed by atoms with Crippen molar-refractivity contribution in [3.8, 4) is 5.75 Å². The first-order valence-corrected chi connectivity index (χ1v) is 8.93. The van der Waals surface area contributed by atoms with Crippen LogP contribution in [0.15, 0.2) is 58.7 Å². The fourth-order valence-corrected chi connectivity index (χ4v) is 3.42. The van der Waals surface area contributed by atoms with Crippen molar-refractivity contribution in [2.75, 3.05) is 7.11 Å². The zero-order valence-corrected chi connectivity index (χ0v) is 15.2. The van der Waals surface area contributed by atoms with E-state index in [9.17, 15) is 9.18 Å². The van der Waals surface area contributed by atoms with Gasteiger partial charge < -0.3 is 4.74 Å². The SMILES string of the molecule is COc1ccccc1/C=N/N=C1\SC(C)C(=O)N1Cc1ccc(F)cc1. The number of rotatable bonds is 5. The van der Waals surface area contributed by atoms with Gasteiger partial charge in [-0.1, -0.05) is 36.0 Å². The molecule has 0 N–H and O–H groups in total. The van der Waals surface area contributed by atoms with Crippen molar-refractivity contribution in [1.82, 2.24) is 4.90 Å². The van der Waals surface area contributed by atoms with Crippen LogP contribution in [-0.4, -0.2) is 34.5 Å². The van der Waals surface area contributed by atoms with E-state index in [4.69, 9.17) is 4.74 Å². The Bertz CT molecular complexity index is 852. The Morgan fingerprint density at radius 1 is 1.23 bits per heavy atom. The molecule has 2 aromatic carbocycles. The summed E-state index contributed by atoms with van der Waals surface area (Å²) in [7, 11) is 1.59. The molecule has 0 spiro atoms. The fourth-order valence-electron chi connectivity index (χ4n) is 2.49. The van der Waals surface area contributed by atoms with E-state index in [-0.39, 0.29) is 17.0 Å². The molecule has 7 heteroatoms. The van der Waals surface area contributed by atoms with Crippen LogP contribution in [0.5, 0.6) is 5.75 Å². The minimum absolute atomic E-state index is 0.0365. The largest absolute Gasteiger partial charge is 0.496 e. The minimum atomic E-state index is -0.306. The van der Waals surface area contributed by atoms with Crippen LogP contribution >= 0.6 is 11.8 Å². The van der Waals surface area contributed by atoms with Crippen molar-refractivity contribution >= 4 is 29.1 Å². The number of benzene rings is 2. The second-order valence-corrected chi connectivity index (χ2v) is 6.99. The molecular weight excluding hydrogens is 353 g/mol. The molecular formula is C19H18FN3O2S. The van der Waals surface area contributed by atoms with Crippen molar-refractivity contribution in [3.05, 3.63) is 65.5 Å². The number of amidine groups is 1. The Balaban J connectivity index is 1.79. The molecule has 0 aliphatic carbocycles. The van der Waals surface area contributed by atoms with Gasteiger partial charge in [-0.15, -0.1) is 5.10 Å². The van der Waals surface area contributed by atoms with Crippen LogP contribution in [0.2, 0.25) is 0 Å². The van der Waals surface area contributed by atoms with Crippen LogP contribution < -0.4 is 4.74 Å². The summed E-state index contributed by atoms with van der Waals surface area (Å²) in [5.41, 5.74) is 1.63. The normalized spacial score (nSPS) is 18.9. The van der Waals surface area contributed by atoms with Gasteiger partial charge in [0.25, 0.3) is 0 Å². The van der Waals surface area contributed by atoms with Crippen molar-refractivity contribution in [1.29, 1.82) is 0 Å². The highest BCUT2D eigenvalue weighted by molar-refractivity contribution is 8.15. The molecule has 1 atom stereocenters. The van der Waals surface area contributed by atoms with Crippen molar-refractivity contribution < 1.29 is 13.9 Å². The quantitative estimate of drug-likeness (QED) is 0.595. The molecule has 0 saturated carbocycles. The second-order valence-electron chi connectivity index (χ2n) is 5.68. The molecule has 5 nitrogen and oxygen atoms in total. The molecule has 1 aliphatic rings. The number of carbonyl (C=O) groups is 1. The standard InChI is InChI=1S/C19H18FN3O2S/c1-13-18(24)23(12-14-7-9-16(20)10-8-14)19(26-13)22-21-11-15-5-3-4-6-17(15)25-2/h3-11,13H,12H2,1-2H3/b21-11+,22-19-. The number of methoxy groups -OCH3 is 1. The summed E-state index contributed by atoms with van der Waals surface area (Å²) >= 11 is 1.36. The van der Waals surface area contributed by atoms with E-state index in [1.54, 1.807) is 30.4 Å². The summed E-state index contributed by atoms with van der Waals surface area (Å²) < 4.78 is 18.3. The number of halogens is 1. The van der Waals surface area contributed by atoms with E-state index in [1.165, 1.54) is 23.9 Å². The highest BCUT2D eigenvalue weighted by Gasteiger charge is 2.35. The number of hydrogen-bond acceptors (Lipinski definition) is 5. The van der Waals surface area contributed by atoms with Gasteiger partial charge in [-0.3, -0.25) is 9.69 Å². The Morgan fingerprint density at radius 3 is 2.69 bits per heavy atom. The summed E-state index contributed by atoms with van der Waals surface area (Å²) in [5, 5.41) is 8.63. The van der Waals surface area contributed by atoms with E-state index in [0.29, 0.717) is 17.5 Å². The zero-order chi connectivity index (χ0) is 18.5. The lowest BCUT2D eigenvalue weighted by Gasteiger charge is -2.15. The van der Waals surface area contributed by atoms with E-state index in [2.05, 4.69) is 10.2 Å². The van der Waals surface area contributed by atoms with Crippen LogP contribution in [0.1, 0.15) is 18.1 Å². The van der Waals surface area contributed by atoms with E-state index in [0.717, 1.165) is 11.1 Å². The molecule has 1 saturated heterocycles. The van der Waals surface area contributed by atoms with Gasteiger partial charge >= 0.3 is 0 Å². The molecule has 3 rings (SSSR count). The number of para-hydroxylation sites is 1. The van der Waals surface area contributed by atoms with Crippen molar-refractivity contribution in [2.45, 2.75) is 18.7 Å². The van der Waals surface area contributed by atoms with Gasteiger partial charge in [0, 0.05) is 5.56 Å². The predicted molar refractivity (Wildman–Crippen MR) is 102 cm³/mol. The van der Waals surface area contributed by atoms with Crippen LogP contribution in [0, 0.1) is 5.82 Å². The fraction of sp³-hybridized carbons (Fsp3) is 0.211. The maximum atomic E-state index is 13.1. The maximum absolute atomic E-state index is 13.1. The number of nitrogens with zero attached hydrogens (tertiary/aromatic N) is 3. The first kappa shape index (κ1) is 18.1. The van der Waals surface area contributed by atoms with Gasteiger partial charge in [-0.2, -0.15) is 5.10 Å². The van der Waals surface area contributed by atoms with Gasteiger partial charge in [0.2, 0.25) is 5.91 Å². The highest BCUT2D eigenvalue weighted by atomic mass is 32.2. The van der Waals surface area contributed by atoms with Crippen LogP contribution in [0.3, 0.4) is 0 Å². The first-order chi connectivity index (χ1) is 12.6. The molecule has 1 amide bonds. The number of ether oxygens (including phenoxy) is 1. The topological polar surface area (TPSA) is 54.3 Å². The van der Waals surface area contributed by atoms with Gasteiger partial charge in [0.1, 0.15) is 11.6 Å². The third-order valence-corrected chi connectivity index (χ3v) is 4.93. The summed E-state index contributed by atoms with van der Waals surface area (Å²) in [5.74, 6) is 0.355. The molecule has 1 aliphatic heterocycles. The molecule has 2 aromatic rings. The van der Waals surface area contributed by atoms with Crippen LogP contribution in [0.4, 0.5) is 4.39 Å². The Morgan fingerprint density at radius 2 is 1.96 bits per heavy atom. The Hall–Kier alpha value is -2.67. The maximum Gasteiger partial charge on any atom is 0.242 e. The van der Waals surface area contributed by atoms with Gasteiger partial charge in [0.15, 0.2) is 5.17 Å².